The average Bonchev–Trinajstić information content (AvgIpc) is 2.39. The first-order valence-corrected chi connectivity index (χ1v) is 7.81. The molecule has 1 rings (SSSR count). The van der Waals surface area contributed by atoms with Crippen LogP contribution < -0.4 is 9.64 Å². The smallest absolute Gasteiger partial charge is 0.218 e. The van der Waals surface area contributed by atoms with Crippen LogP contribution >= 0.6 is 45.8 Å². The van der Waals surface area contributed by atoms with Crippen molar-refractivity contribution in [2.75, 3.05) is 29.7 Å². The third-order valence-corrected chi connectivity index (χ3v) is 3.01. The molecule has 1 aromatic carbocycles. The number of hydrogen-bond acceptors (Lipinski definition) is 3. The maximum absolute atomic E-state index is 10.7. The Bertz CT molecular complexity index is 417. The lowest BCUT2D eigenvalue weighted by Crippen LogP contribution is -2.27. The molecule has 0 saturated heterocycles. The van der Waals surface area contributed by atoms with Crippen molar-refractivity contribution in [1.29, 1.82) is 0 Å². The van der Waals surface area contributed by atoms with Crippen LogP contribution in [0.5, 0.6) is 5.75 Å². The van der Waals surface area contributed by atoms with Crippen molar-refractivity contribution >= 4 is 55.3 Å². The fraction of sp³-hybridized carbons (Fsp3) is 0.308. The molecule has 1 aromatic rings. The van der Waals surface area contributed by atoms with Crippen LogP contribution in [0.3, 0.4) is 0 Å². The number of allylic oxidation sites excluding steroid dienone is 1. The maximum Gasteiger partial charge on any atom is 0.218 e. The molecule has 0 aliphatic carbocycles. The highest BCUT2D eigenvalue weighted by molar-refractivity contribution is 14.1. The van der Waals surface area contributed by atoms with Crippen molar-refractivity contribution in [2.24, 2.45) is 0 Å². The molecular formula is C13H14Cl2INO2. The van der Waals surface area contributed by atoms with Crippen LogP contribution in [0, 0.1) is 0 Å². The van der Waals surface area contributed by atoms with Gasteiger partial charge in [0.05, 0.1) is 6.26 Å². The van der Waals surface area contributed by atoms with Gasteiger partial charge >= 0.3 is 0 Å². The summed E-state index contributed by atoms with van der Waals surface area (Å²) in [6.07, 6.45) is 2.74. The lowest BCUT2D eigenvalue weighted by molar-refractivity contribution is -0.105. The van der Waals surface area contributed by atoms with Crippen molar-refractivity contribution in [3.63, 3.8) is 0 Å². The normalized spacial score (nSPS) is 10.7. The average molecular weight is 414 g/mol. The van der Waals surface area contributed by atoms with E-state index in [0.717, 1.165) is 18.8 Å². The molecule has 0 atom stereocenters. The SMILES string of the molecule is O=C(I)/C=C/Oc1ccc(N(CCCl)CCCl)cc1. The third kappa shape index (κ3) is 6.49. The van der Waals surface area contributed by atoms with Crippen LogP contribution in [-0.4, -0.2) is 28.6 Å². The van der Waals surface area contributed by atoms with Gasteiger partial charge in [-0.05, 0) is 24.3 Å². The van der Waals surface area contributed by atoms with E-state index in [2.05, 4.69) is 4.90 Å². The van der Waals surface area contributed by atoms with Gasteiger partial charge in [-0.1, -0.05) is 0 Å². The fourth-order valence-electron chi connectivity index (χ4n) is 1.48. The molecule has 0 amide bonds. The first-order chi connectivity index (χ1) is 9.17. The molecule has 104 valence electrons. The van der Waals surface area contributed by atoms with Gasteiger partial charge in [0.15, 0.2) is 0 Å². The summed E-state index contributed by atoms with van der Waals surface area (Å²) in [6.45, 7) is 1.50. The van der Waals surface area contributed by atoms with Crippen LogP contribution in [0.1, 0.15) is 0 Å². The van der Waals surface area contributed by atoms with Crippen LogP contribution in [0.4, 0.5) is 5.69 Å². The maximum atomic E-state index is 10.7. The van der Waals surface area contributed by atoms with E-state index in [4.69, 9.17) is 27.9 Å². The molecular weight excluding hydrogens is 400 g/mol. The van der Waals surface area contributed by atoms with Gasteiger partial charge in [-0.15, -0.1) is 23.2 Å². The van der Waals surface area contributed by atoms with Crippen LogP contribution in [0.25, 0.3) is 0 Å². The highest BCUT2D eigenvalue weighted by Crippen LogP contribution is 2.19. The van der Waals surface area contributed by atoms with Crippen LogP contribution in [-0.2, 0) is 4.79 Å². The number of nitrogens with zero attached hydrogens (tertiary/aromatic N) is 1. The van der Waals surface area contributed by atoms with E-state index < -0.39 is 0 Å². The van der Waals surface area contributed by atoms with Gasteiger partial charge in [0, 0.05) is 59.2 Å². The summed E-state index contributed by atoms with van der Waals surface area (Å²) in [7, 11) is 0. The Kier molecular flexibility index (Phi) is 8.25. The second-order valence-corrected chi connectivity index (χ2v) is 5.40. The number of carbonyl (C=O) groups excluding carboxylic acids is 1. The first-order valence-electron chi connectivity index (χ1n) is 5.67. The Morgan fingerprint density at radius 1 is 1.21 bits per heavy atom. The van der Waals surface area contributed by atoms with Gasteiger partial charge < -0.3 is 9.64 Å². The molecule has 0 saturated carbocycles. The third-order valence-electron chi connectivity index (χ3n) is 2.31. The second kappa shape index (κ2) is 9.44. The van der Waals surface area contributed by atoms with Crippen molar-refractivity contribution in [1.82, 2.24) is 0 Å². The fourth-order valence-corrected chi connectivity index (χ4v) is 2.03. The largest absolute Gasteiger partial charge is 0.465 e. The zero-order chi connectivity index (χ0) is 14.1. The van der Waals surface area contributed by atoms with Gasteiger partial charge in [-0.25, -0.2) is 0 Å². The summed E-state index contributed by atoms with van der Waals surface area (Å²) in [5.41, 5.74) is 1.04. The summed E-state index contributed by atoms with van der Waals surface area (Å²) < 4.78 is 5.22. The highest BCUT2D eigenvalue weighted by atomic mass is 127. The van der Waals surface area contributed by atoms with E-state index in [1.54, 1.807) is 22.6 Å². The molecule has 0 aliphatic heterocycles. The minimum Gasteiger partial charge on any atom is -0.465 e. The molecule has 0 spiro atoms. The Morgan fingerprint density at radius 2 is 1.79 bits per heavy atom. The number of hydrogen-bond donors (Lipinski definition) is 0. The number of anilines is 1. The minimum absolute atomic E-state index is 0.0791. The molecule has 0 fully saturated rings. The van der Waals surface area contributed by atoms with Crippen LogP contribution in [0.2, 0.25) is 0 Å². The van der Waals surface area contributed by atoms with Crippen molar-refractivity contribution in [2.45, 2.75) is 0 Å². The van der Waals surface area contributed by atoms with E-state index in [1.807, 2.05) is 24.3 Å². The topological polar surface area (TPSA) is 29.5 Å². The zero-order valence-electron chi connectivity index (χ0n) is 10.2. The summed E-state index contributed by atoms with van der Waals surface area (Å²) in [5.74, 6) is 1.78. The standard InChI is InChI=1S/C13H14Cl2INO2/c14-6-8-17(9-7-15)11-1-3-12(4-2-11)19-10-5-13(16)18/h1-5,10H,6-9H2/b10-5+. The molecule has 0 unspecified atom stereocenters. The van der Waals surface area contributed by atoms with Gasteiger partial charge in [0.25, 0.3) is 0 Å². The molecule has 3 nitrogen and oxygen atoms in total. The predicted octanol–water partition coefficient (Wildman–Crippen LogP) is 3.82. The van der Waals surface area contributed by atoms with E-state index in [1.165, 1.54) is 12.3 Å². The lowest BCUT2D eigenvalue weighted by atomic mass is 10.2. The Labute approximate surface area is 136 Å². The number of carbonyl (C=O) groups is 1. The van der Waals surface area contributed by atoms with Crippen molar-refractivity contribution in [3.05, 3.63) is 36.6 Å². The Hall–Kier alpha value is -0.460. The summed E-state index contributed by atoms with van der Waals surface area (Å²) in [4.78, 5) is 12.8. The van der Waals surface area contributed by atoms with Gasteiger partial charge in [-0.2, -0.15) is 0 Å². The van der Waals surface area contributed by atoms with E-state index in [0.29, 0.717) is 17.5 Å². The summed E-state index contributed by atoms with van der Waals surface area (Å²) >= 11 is 13.2. The van der Waals surface area contributed by atoms with E-state index in [9.17, 15) is 4.79 Å². The molecule has 0 N–H and O–H groups in total. The Balaban J connectivity index is 2.65. The number of benzene rings is 1. The monoisotopic (exact) mass is 413 g/mol. The molecule has 19 heavy (non-hydrogen) atoms. The molecule has 0 bridgehead atoms. The number of halogens is 3. The molecule has 0 aromatic heterocycles. The summed E-state index contributed by atoms with van der Waals surface area (Å²) in [5, 5.41) is 0. The van der Waals surface area contributed by atoms with E-state index >= 15 is 0 Å². The van der Waals surface area contributed by atoms with Crippen molar-refractivity contribution in [3.8, 4) is 5.75 Å². The Morgan fingerprint density at radius 3 is 2.26 bits per heavy atom. The number of ether oxygens (including phenoxy) is 1. The second-order valence-electron chi connectivity index (χ2n) is 3.58. The lowest BCUT2D eigenvalue weighted by Gasteiger charge is -2.22. The molecule has 6 heteroatoms. The van der Waals surface area contributed by atoms with Crippen LogP contribution in [0.15, 0.2) is 36.6 Å². The van der Waals surface area contributed by atoms with E-state index in [-0.39, 0.29) is 3.79 Å². The highest BCUT2D eigenvalue weighted by Gasteiger charge is 2.05. The molecule has 0 aliphatic rings. The predicted molar refractivity (Wildman–Crippen MR) is 88.9 cm³/mol. The zero-order valence-corrected chi connectivity index (χ0v) is 13.9. The van der Waals surface area contributed by atoms with Gasteiger partial charge in [-0.3, -0.25) is 4.79 Å². The number of alkyl halides is 2. The summed E-state index contributed by atoms with van der Waals surface area (Å²) in [6, 6.07) is 7.56. The van der Waals surface area contributed by atoms with Gasteiger partial charge in [0.1, 0.15) is 5.75 Å². The molecule has 0 radical (unpaired) electrons. The number of rotatable bonds is 8. The minimum atomic E-state index is -0.0791. The van der Waals surface area contributed by atoms with Gasteiger partial charge in [0.2, 0.25) is 3.79 Å². The quantitative estimate of drug-likeness (QED) is 0.213. The van der Waals surface area contributed by atoms with Crippen molar-refractivity contribution < 1.29 is 9.53 Å². The first kappa shape index (κ1) is 16.6. The molecule has 0 heterocycles.